The summed E-state index contributed by atoms with van der Waals surface area (Å²) in [5, 5.41) is 10.4. The standard InChI is InChI=1S/C7H8ClN3O3/c8-6-3-5(11(12)13)4-10-7(6)14-2-1-9/h3-4H,1-2,9H2. The second-order valence-electron chi connectivity index (χ2n) is 2.37. The molecule has 0 bridgehead atoms. The maximum absolute atomic E-state index is 10.3. The van der Waals surface area contributed by atoms with Gasteiger partial charge in [-0.15, -0.1) is 0 Å². The average molecular weight is 218 g/mol. The Hall–Kier alpha value is -1.40. The van der Waals surface area contributed by atoms with Crippen molar-refractivity contribution in [2.75, 3.05) is 13.2 Å². The molecule has 0 spiro atoms. The van der Waals surface area contributed by atoms with E-state index in [0.717, 1.165) is 6.20 Å². The lowest BCUT2D eigenvalue weighted by Crippen LogP contribution is -2.11. The smallest absolute Gasteiger partial charge is 0.289 e. The van der Waals surface area contributed by atoms with E-state index in [9.17, 15) is 10.1 Å². The zero-order valence-corrected chi connectivity index (χ0v) is 7.90. The molecule has 0 unspecified atom stereocenters. The van der Waals surface area contributed by atoms with Gasteiger partial charge in [-0.3, -0.25) is 10.1 Å². The summed E-state index contributed by atoms with van der Waals surface area (Å²) in [5.74, 6) is 0.155. The molecule has 0 aliphatic carbocycles. The molecule has 0 aliphatic heterocycles. The maximum atomic E-state index is 10.3. The van der Waals surface area contributed by atoms with E-state index in [-0.39, 0.29) is 23.2 Å². The van der Waals surface area contributed by atoms with Crippen LogP contribution in [0.1, 0.15) is 0 Å². The van der Waals surface area contributed by atoms with Gasteiger partial charge in [0.25, 0.3) is 5.69 Å². The van der Waals surface area contributed by atoms with Gasteiger partial charge in [-0.05, 0) is 0 Å². The van der Waals surface area contributed by atoms with Gasteiger partial charge in [0.15, 0.2) is 0 Å². The van der Waals surface area contributed by atoms with Crippen molar-refractivity contribution in [3.63, 3.8) is 0 Å². The van der Waals surface area contributed by atoms with Gasteiger partial charge in [0.2, 0.25) is 5.88 Å². The van der Waals surface area contributed by atoms with Crippen LogP contribution in [0.25, 0.3) is 0 Å². The number of hydrogen-bond donors (Lipinski definition) is 1. The molecule has 1 aromatic heterocycles. The lowest BCUT2D eigenvalue weighted by atomic mass is 10.4. The van der Waals surface area contributed by atoms with Crippen molar-refractivity contribution in [3.8, 4) is 5.88 Å². The Labute approximate surface area is 84.8 Å². The second-order valence-corrected chi connectivity index (χ2v) is 2.78. The van der Waals surface area contributed by atoms with Gasteiger partial charge in [0.1, 0.15) is 17.8 Å². The fourth-order valence-electron chi connectivity index (χ4n) is 0.777. The Bertz CT molecular complexity index is 345. The van der Waals surface area contributed by atoms with Crippen LogP contribution in [0.15, 0.2) is 12.3 Å². The van der Waals surface area contributed by atoms with Crippen molar-refractivity contribution in [1.82, 2.24) is 4.98 Å². The summed E-state index contributed by atoms with van der Waals surface area (Å²) in [6.45, 7) is 0.597. The fraction of sp³-hybridized carbons (Fsp3) is 0.286. The number of nitrogens with two attached hydrogens (primary N) is 1. The van der Waals surface area contributed by atoms with Gasteiger partial charge in [-0.1, -0.05) is 11.6 Å². The molecule has 0 amide bonds. The number of nitrogens with zero attached hydrogens (tertiary/aromatic N) is 2. The van der Waals surface area contributed by atoms with Gasteiger partial charge in [0.05, 0.1) is 4.92 Å². The van der Waals surface area contributed by atoms with Crippen LogP contribution in [-0.4, -0.2) is 23.1 Å². The lowest BCUT2D eigenvalue weighted by Gasteiger charge is -2.03. The summed E-state index contributed by atoms with van der Waals surface area (Å²) < 4.78 is 5.03. The minimum atomic E-state index is -0.578. The molecular formula is C7H8ClN3O3. The van der Waals surface area contributed by atoms with Crippen LogP contribution in [0.2, 0.25) is 5.02 Å². The minimum absolute atomic E-state index is 0.104. The third-order valence-electron chi connectivity index (χ3n) is 1.36. The zero-order chi connectivity index (χ0) is 10.6. The van der Waals surface area contributed by atoms with Crippen molar-refractivity contribution >= 4 is 17.3 Å². The third-order valence-corrected chi connectivity index (χ3v) is 1.63. The van der Waals surface area contributed by atoms with Gasteiger partial charge < -0.3 is 10.5 Å². The van der Waals surface area contributed by atoms with E-state index in [0.29, 0.717) is 6.54 Å². The Morgan fingerprint density at radius 2 is 2.43 bits per heavy atom. The highest BCUT2D eigenvalue weighted by atomic mass is 35.5. The van der Waals surface area contributed by atoms with E-state index in [1.807, 2.05) is 0 Å². The summed E-state index contributed by atoms with van der Waals surface area (Å²) in [5.41, 5.74) is 5.03. The summed E-state index contributed by atoms with van der Waals surface area (Å²) in [7, 11) is 0. The van der Waals surface area contributed by atoms with Gasteiger partial charge in [-0.25, -0.2) is 4.98 Å². The van der Waals surface area contributed by atoms with Crippen LogP contribution in [0.5, 0.6) is 5.88 Å². The SMILES string of the molecule is NCCOc1ncc([N+](=O)[O-])cc1Cl. The molecule has 0 aliphatic rings. The highest BCUT2D eigenvalue weighted by Gasteiger charge is 2.11. The Morgan fingerprint density at radius 3 is 2.93 bits per heavy atom. The largest absolute Gasteiger partial charge is 0.475 e. The molecule has 0 saturated heterocycles. The molecule has 76 valence electrons. The predicted molar refractivity (Wildman–Crippen MR) is 50.5 cm³/mol. The number of rotatable bonds is 4. The first kappa shape index (κ1) is 10.7. The zero-order valence-electron chi connectivity index (χ0n) is 7.14. The van der Waals surface area contributed by atoms with Crippen molar-refractivity contribution < 1.29 is 9.66 Å². The fourth-order valence-corrected chi connectivity index (χ4v) is 0.992. The molecular weight excluding hydrogens is 210 g/mol. The molecule has 1 rings (SSSR count). The topological polar surface area (TPSA) is 91.3 Å². The number of hydrogen-bond acceptors (Lipinski definition) is 5. The van der Waals surface area contributed by atoms with Crippen molar-refractivity contribution in [1.29, 1.82) is 0 Å². The maximum Gasteiger partial charge on any atom is 0.289 e. The van der Waals surface area contributed by atoms with E-state index in [1.54, 1.807) is 0 Å². The Balaban J connectivity index is 2.84. The summed E-state index contributed by atoms with van der Waals surface area (Å²) >= 11 is 5.68. The van der Waals surface area contributed by atoms with Crippen LogP contribution in [0.3, 0.4) is 0 Å². The van der Waals surface area contributed by atoms with Crippen LogP contribution < -0.4 is 10.5 Å². The van der Waals surface area contributed by atoms with Gasteiger partial charge >= 0.3 is 0 Å². The highest BCUT2D eigenvalue weighted by molar-refractivity contribution is 6.32. The minimum Gasteiger partial charge on any atom is -0.475 e. The van der Waals surface area contributed by atoms with E-state index >= 15 is 0 Å². The van der Waals surface area contributed by atoms with Crippen LogP contribution in [0, 0.1) is 10.1 Å². The molecule has 0 saturated carbocycles. The molecule has 1 heterocycles. The van der Waals surface area contributed by atoms with E-state index in [1.165, 1.54) is 6.07 Å². The predicted octanol–water partition coefficient (Wildman–Crippen LogP) is 0.981. The lowest BCUT2D eigenvalue weighted by molar-refractivity contribution is -0.385. The molecule has 7 heteroatoms. The number of aromatic nitrogens is 1. The van der Waals surface area contributed by atoms with Crippen molar-refractivity contribution in [2.45, 2.75) is 0 Å². The summed E-state index contributed by atoms with van der Waals surface area (Å²) in [6.07, 6.45) is 1.08. The number of pyridine rings is 1. The molecule has 1 aromatic rings. The first-order chi connectivity index (χ1) is 6.65. The summed E-state index contributed by atoms with van der Waals surface area (Å²) in [6, 6.07) is 1.18. The van der Waals surface area contributed by atoms with E-state index in [4.69, 9.17) is 22.1 Å². The second kappa shape index (κ2) is 4.73. The first-order valence-electron chi connectivity index (χ1n) is 3.78. The molecule has 14 heavy (non-hydrogen) atoms. The molecule has 0 fully saturated rings. The van der Waals surface area contributed by atoms with Crippen LogP contribution >= 0.6 is 11.6 Å². The molecule has 0 radical (unpaired) electrons. The molecule has 2 N–H and O–H groups in total. The van der Waals surface area contributed by atoms with Gasteiger partial charge in [0, 0.05) is 12.6 Å². The monoisotopic (exact) mass is 217 g/mol. The highest BCUT2D eigenvalue weighted by Crippen LogP contribution is 2.25. The molecule has 0 aromatic carbocycles. The Kier molecular flexibility index (Phi) is 3.61. The first-order valence-corrected chi connectivity index (χ1v) is 4.15. The molecule has 0 atom stereocenters. The third kappa shape index (κ3) is 2.54. The average Bonchev–Trinajstić information content (AvgIpc) is 2.15. The number of ether oxygens (including phenoxy) is 1. The number of halogens is 1. The summed E-state index contributed by atoms with van der Waals surface area (Å²) in [4.78, 5) is 13.4. The normalized spacial score (nSPS) is 9.86. The van der Waals surface area contributed by atoms with Gasteiger partial charge in [-0.2, -0.15) is 0 Å². The van der Waals surface area contributed by atoms with E-state index in [2.05, 4.69) is 4.98 Å². The number of nitro groups is 1. The quantitative estimate of drug-likeness (QED) is 0.600. The van der Waals surface area contributed by atoms with Crippen LogP contribution in [-0.2, 0) is 0 Å². The van der Waals surface area contributed by atoms with Crippen molar-refractivity contribution in [2.24, 2.45) is 5.73 Å². The van der Waals surface area contributed by atoms with Crippen molar-refractivity contribution in [3.05, 3.63) is 27.4 Å². The van der Waals surface area contributed by atoms with E-state index < -0.39 is 4.92 Å². The molecule has 6 nitrogen and oxygen atoms in total. The van der Waals surface area contributed by atoms with Crippen LogP contribution in [0.4, 0.5) is 5.69 Å². The Morgan fingerprint density at radius 1 is 1.71 bits per heavy atom.